The van der Waals surface area contributed by atoms with Gasteiger partial charge in [0.05, 0.1) is 0 Å². The van der Waals surface area contributed by atoms with Crippen LogP contribution in [0.5, 0.6) is 0 Å². The van der Waals surface area contributed by atoms with Gasteiger partial charge in [-0.15, -0.1) is 0 Å². The van der Waals surface area contributed by atoms with Crippen molar-refractivity contribution >= 4 is 35.0 Å². The molecule has 3 rings (SSSR count). The van der Waals surface area contributed by atoms with E-state index in [0.29, 0.717) is 22.9 Å². The topological polar surface area (TPSA) is 78.9 Å². The van der Waals surface area contributed by atoms with Gasteiger partial charge in [-0.05, 0) is 50.3 Å². The number of nitrogens with zero attached hydrogens (tertiary/aromatic N) is 2. The molecule has 0 atom stereocenters. The minimum absolute atomic E-state index is 0.337. The van der Waals surface area contributed by atoms with Crippen LogP contribution in [-0.4, -0.2) is 22.4 Å². The molecule has 6 nitrogen and oxygen atoms in total. The highest BCUT2D eigenvalue weighted by Gasteiger charge is 2.04. The standard InChI is InChI=1S/C22H22FN5O/c1-3-24-20-14-21(26-15(2)25-20)27-17-9-11-18(12-10-17)28-22(29)13-8-16-6-4-5-7-19(16)23/h4-14H,3H2,1-2H3,(H,28,29)(H2,24,25,26,27)/b13-8+. The first-order chi connectivity index (χ1) is 14.0. The summed E-state index contributed by atoms with van der Waals surface area (Å²) in [6.07, 6.45) is 2.75. The molecule has 2 aromatic carbocycles. The zero-order chi connectivity index (χ0) is 20.6. The van der Waals surface area contributed by atoms with Crippen LogP contribution in [0.15, 0.2) is 60.7 Å². The summed E-state index contributed by atoms with van der Waals surface area (Å²) in [6, 6.07) is 15.3. The van der Waals surface area contributed by atoms with Gasteiger partial charge in [0, 0.05) is 35.6 Å². The van der Waals surface area contributed by atoms with Crippen LogP contribution in [0, 0.1) is 12.7 Å². The van der Waals surface area contributed by atoms with Crippen molar-refractivity contribution in [2.45, 2.75) is 13.8 Å². The monoisotopic (exact) mass is 391 g/mol. The third-order valence-electron chi connectivity index (χ3n) is 3.94. The van der Waals surface area contributed by atoms with E-state index in [1.165, 1.54) is 18.2 Å². The Kier molecular flexibility index (Phi) is 6.52. The minimum atomic E-state index is -0.371. The number of hydrogen-bond donors (Lipinski definition) is 3. The lowest BCUT2D eigenvalue weighted by Crippen LogP contribution is -2.07. The summed E-state index contributed by atoms with van der Waals surface area (Å²) in [6.45, 7) is 4.61. The second-order valence-electron chi connectivity index (χ2n) is 6.26. The van der Waals surface area contributed by atoms with Crippen molar-refractivity contribution in [2.24, 2.45) is 0 Å². The number of halogens is 1. The molecule has 0 aliphatic carbocycles. The number of aryl methyl sites for hydroxylation is 1. The molecule has 1 heterocycles. The molecule has 1 amide bonds. The third-order valence-corrected chi connectivity index (χ3v) is 3.94. The Bertz CT molecular complexity index is 1020. The zero-order valence-corrected chi connectivity index (χ0v) is 16.2. The van der Waals surface area contributed by atoms with Crippen molar-refractivity contribution in [1.82, 2.24) is 9.97 Å². The van der Waals surface area contributed by atoms with E-state index < -0.39 is 0 Å². The Labute approximate surface area is 168 Å². The number of nitrogens with one attached hydrogen (secondary N) is 3. The number of amides is 1. The number of aromatic nitrogens is 2. The van der Waals surface area contributed by atoms with E-state index in [0.717, 1.165) is 18.1 Å². The molecule has 0 saturated carbocycles. The molecule has 7 heteroatoms. The Morgan fingerprint density at radius 1 is 1.03 bits per heavy atom. The van der Waals surface area contributed by atoms with Gasteiger partial charge in [0.1, 0.15) is 23.3 Å². The Balaban J connectivity index is 1.61. The van der Waals surface area contributed by atoms with Crippen molar-refractivity contribution in [3.05, 3.63) is 77.9 Å². The highest BCUT2D eigenvalue weighted by Crippen LogP contribution is 2.19. The smallest absolute Gasteiger partial charge is 0.248 e. The molecule has 3 aromatic rings. The molecule has 0 aliphatic heterocycles. The van der Waals surface area contributed by atoms with Crippen LogP contribution in [0.2, 0.25) is 0 Å². The van der Waals surface area contributed by atoms with E-state index in [9.17, 15) is 9.18 Å². The van der Waals surface area contributed by atoms with E-state index >= 15 is 0 Å². The largest absolute Gasteiger partial charge is 0.370 e. The van der Waals surface area contributed by atoms with Gasteiger partial charge in [-0.25, -0.2) is 14.4 Å². The molecule has 0 aliphatic rings. The molecule has 0 radical (unpaired) electrons. The maximum Gasteiger partial charge on any atom is 0.248 e. The highest BCUT2D eigenvalue weighted by atomic mass is 19.1. The molecular weight excluding hydrogens is 369 g/mol. The predicted octanol–water partition coefficient (Wildman–Crippen LogP) is 4.75. The summed E-state index contributed by atoms with van der Waals surface area (Å²) in [4.78, 5) is 20.7. The Morgan fingerprint density at radius 3 is 2.45 bits per heavy atom. The molecule has 3 N–H and O–H groups in total. The number of benzene rings is 2. The van der Waals surface area contributed by atoms with Crippen molar-refractivity contribution in [2.75, 3.05) is 22.5 Å². The summed E-state index contributed by atoms with van der Waals surface area (Å²) in [5, 5.41) is 9.13. The summed E-state index contributed by atoms with van der Waals surface area (Å²) in [5.74, 6) is 1.39. The summed E-state index contributed by atoms with van der Waals surface area (Å²) >= 11 is 0. The summed E-state index contributed by atoms with van der Waals surface area (Å²) < 4.78 is 13.6. The minimum Gasteiger partial charge on any atom is -0.370 e. The van der Waals surface area contributed by atoms with Crippen LogP contribution in [0.4, 0.5) is 27.4 Å². The fourth-order valence-electron chi connectivity index (χ4n) is 2.65. The molecule has 1 aromatic heterocycles. The second-order valence-corrected chi connectivity index (χ2v) is 6.26. The predicted molar refractivity (Wildman–Crippen MR) is 115 cm³/mol. The van der Waals surface area contributed by atoms with Crippen LogP contribution in [0.1, 0.15) is 18.3 Å². The van der Waals surface area contributed by atoms with Crippen LogP contribution in [0.25, 0.3) is 6.08 Å². The van der Waals surface area contributed by atoms with Crippen LogP contribution in [-0.2, 0) is 4.79 Å². The van der Waals surface area contributed by atoms with Crippen molar-refractivity contribution in [3.63, 3.8) is 0 Å². The maximum absolute atomic E-state index is 13.6. The lowest BCUT2D eigenvalue weighted by molar-refractivity contribution is -0.111. The van der Waals surface area contributed by atoms with Crippen molar-refractivity contribution in [3.8, 4) is 0 Å². The number of carbonyl (C=O) groups excluding carboxylic acids is 1. The molecule has 0 fully saturated rings. The average molecular weight is 391 g/mol. The number of hydrogen-bond acceptors (Lipinski definition) is 5. The summed E-state index contributed by atoms with van der Waals surface area (Å²) in [5.41, 5.74) is 1.82. The van der Waals surface area contributed by atoms with E-state index in [1.54, 1.807) is 30.3 Å². The average Bonchev–Trinajstić information content (AvgIpc) is 2.69. The summed E-state index contributed by atoms with van der Waals surface area (Å²) in [7, 11) is 0. The molecule has 0 unspecified atom stereocenters. The van der Waals surface area contributed by atoms with E-state index in [2.05, 4.69) is 25.9 Å². The van der Waals surface area contributed by atoms with Gasteiger partial charge >= 0.3 is 0 Å². The molecule has 29 heavy (non-hydrogen) atoms. The van der Waals surface area contributed by atoms with E-state index in [-0.39, 0.29) is 11.7 Å². The van der Waals surface area contributed by atoms with Crippen LogP contribution >= 0.6 is 0 Å². The number of rotatable bonds is 7. The first kappa shape index (κ1) is 20.0. The van der Waals surface area contributed by atoms with Crippen molar-refractivity contribution in [1.29, 1.82) is 0 Å². The molecule has 0 saturated heterocycles. The maximum atomic E-state index is 13.6. The fourth-order valence-corrected chi connectivity index (χ4v) is 2.65. The Hall–Kier alpha value is -3.74. The van der Waals surface area contributed by atoms with Crippen LogP contribution < -0.4 is 16.0 Å². The zero-order valence-electron chi connectivity index (χ0n) is 16.2. The normalized spacial score (nSPS) is 10.7. The SMILES string of the molecule is CCNc1cc(Nc2ccc(NC(=O)/C=C/c3ccccc3F)cc2)nc(C)n1. The van der Waals surface area contributed by atoms with Gasteiger partial charge in [0.25, 0.3) is 0 Å². The lowest BCUT2D eigenvalue weighted by atomic mass is 10.2. The molecule has 0 bridgehead atoms. The highest BCUT2D eigenvalue weighted by molar-refractivity contribution is 6.02. The number of carbonyl (C=O) groups is 1. The Morgan fingerprint density at radius 2 is 1.72 bits per heavy atom. The van der Waals surface area contributed by atoms with E-state index in [1.807, 2.05) is 32.0 Å². The van der Waals surface area contributed by atoms with Crippen LogP contribution in [0.3, 0.4) is 0 Å². The van der Waals surface area contributed by atoms with E-state index in [4.69, 9.17) is 0 Å². The quantitative estimate of drug-likeness (QED) is 0.507. The number of anilines is 4. The first-order valence-electron chi connectivity index (χ1n) is 9.23. The van der Waals surface area contributed by atoms with Gasteiger partial charge < -0.3 is 16.0 Å². The van der Waals surface area contributed by atoms with Gasteiger partial charge in [0.2, 0.25) is 5.91 Å². The second kappa shape index (κ2) is 9.45. The van der Waals surface area contributed by atoms with Gasteiger partial charge in [0.15, 0.2) is 0 Å². The lowest BCUT2D eigenvalue weighted by Gasteiger charge is -2.10. The van der Waals surface area contributed by atoms with Gasteiger partial charge in [-0.1, -0.05) is 18.2 Å². The van der Waals surface area contributed by atoms with Gasteiger partial charge in [-0.3, -0.25) is 4.79 Å². The third kappa shape index (κ3) is 5.87. The molecular formula is C22H22FN5O. The molecule has 0 spiro atoms. The molecule has 148 valence electrons. The van der Waals surface area contributed by atoms with Crippen molar-refractivity contribution < 1.29 is 9.18 Å². The van der Waals surface area contributed by atoms with Gasteiger partial charge in [-0.2, -0.15) is 0 Å². The fraction of sp³-hybridized carbons (Fsp3) is 0.136. The first-order valence-corrected chi connectivity index (χ1v) is 9.23.